The van der Waals surface area contributed by atoms with Crippen molar-refractivity contribution in [3.63, 3.8) is 0 Å². The van der Waals surface area contributed by atoms with Crippen molar-refractivity contribution in [3.05, 3.63) is 158 Å². The first-order valence-electron chi connectivity index (χ1n) is 42.9. The Morgan fingerprint density at radius 2 is 0.767 bits per heavy atom. The van der Waals surface area contributed by atoms with E-state index in [-0.39, 0.29) is 128 Å². The molecule has 0 aromatic carbocycles. The van der Waals surface area contributed by atoms with E-state index in [1.165, 1.54) is 94.4 Å². The van der Waals surface area contributed by atoms with Crippen LogP contribution < -0.4 is 108 Å². The summed E-state index contributed by atoms with van der Waals surface area (Å²) < 4.78 is 133. The monoisotopic (exact) mass is 2110 g/mol. The number of carbonyl (C=O) groups excluding carboxylic acids is 2. The summed E-state index contributed by atoms with van der Waals surface area (Å²) in [7, 11) is 1.92. The van der Waals surface area contributed by atoms with Gasteiger partial charge in [0.05, 0.1) is 24.4 Å². The molecular formula is C87H157ClIN10NaO29P2Si2. The Balaban J connectivity index is 0. The number of aromatic amines is 4. The van der Waals surface area contributed by atoms with E-state index >= 15 is 0 Å². The zero-order valence-corrected chi connectivity index (χ0v) is 89.8. The summed E-state index contributed by atoms with van der Waals surface area (Å²) in [6.45, 7) is 54.2. The van der Waals surface area contributed by atoms with Crippen LogP contribution in [0.15, 0.2) is 113 Å². The van der Waals surface area contributed by atoms with Crippen molar-refractivity contribution >= 4 is 55.6 Å². The summed E-state index contributed by atoms with van der Waals surface area (Å²) in [5.74, 6) is -0.149. The van der Waals surface area contributed by atoms with Gasteiger partial charge in [-0.2, -0.15) is 0 Å². The molecule has 6 unspecified atom stereocenters. The maximum Gasteiger partial charge on any atom is 1.00 e. The molecular weight excluding hydrogens is 1950 g/mol. The number of aliphatic hydroxyl groups excluding tert-OH is 1. The van der Waals surface area contributed by atoms with Gasteiger partial charge in [0.1, 0.15) is 81.5 Å². The molecule has 0 saturated carbocycles. The molecule has 22 atom stereocenters. The van der Waals surface area contributed by atoms with Crippen LogP contribution in [0.4, 0.5) is 0 Å². The molecule has 5 saturated heterocycles. The smallest absolute Gasteiger partial charge is 0.408 e. The van der Waals surface area contributed by atoms with Gasteiger partial charge < -0.3 is 75.2 Å². The van der Waals surface area contributed by atoms with E-state index in [0.717, 1.165) is 32.2 Å². The van der Waals surface area contributed by atoms with Crippen LogP contribution >= 0.6 is 26.4 Å². The van der Waals surface area contributed by atoms with Gasteiger partial charge in [-0.05, 0) is 152 Å². The summed E-state index contributed by atoms with van der Waals surface area (Å²) in [6, 6.07) is 5.86. The van der Waals surface area contributed by atoms with E-state index in [1.54, 1.807) is 34.1 Å². The SMILES string of the molecule is C.C.C.C1CCOC1.C=CC[C@H](C)[C@H]1O[C@@H](n2ccc(=O)[nH]c2=O)[C@@H](OC)C1O.C=CC[C@H](C)[C@H]1O[C@@H](n2ccc(=O)[nH]c2=O)[C@@H](OC)C1O[Si](C)(C)C(C)(C)C.CC(C)N(C(C)C)P(C)(=O)Cl.CO[C@H]1C(OP(OC)N(C(C)C)C(C)C)[C@@H]([C@@H](C)CC=O)O[C@H]1n1ccc(=O)[nH]c1=O.CO[C@H]1C(O[Si](C)(C)C(C)(C)C)[C@@H]([C@@H](C)CC=O)O[C@H]1n1ccc(=O)[nH]c1=O.[Na+].[O-][I+3]([O-])([O-])[O-]. The molecule has 5 fully saturated rings. The summed E-state index contributed by atoms with van der Waals surface area (Å²) in [5.41, 5.74) is -4.22. The number of H-pyrrole nitrogens is 4. The van der Waals surface area contributed by atoms with Crippen LogP contribution in [0.25, 0.3) is 0 Å². The van der Waals surface area contributed by atoms with Crippen molar-refractivity contribution in [2.45, 2.75) is 344 Å². The number of ether oxygens (including phenoxy) is 9. The first-order valence-corrected chi connectivity index (χ1v) is 56.4. The molecule has 0 bridgehead atoms. The predicted molar refractivity (Wildman–Crippen MR) is 505 cm³/mol. The average Bonchev–Trinajstić information content (AvgIpc) is 1.63. The number of carbonyl (C=O) groups is 2. The van der Waals surface area contributed by atoms with Crippen molar-refractivity contribution in [3.8, 4) is 0 Å². The van der Waals surface area contributed by atoms with Crippen LogP contribution in [0.2, 0.25) is 36.3 Å². The van der Waals surface area contributed by atoms with E-state index < -0.39 is 183 Å². The number of aliphatic hydroxyl groups is 1. The van der Waals surface area contributed by atoms with Crippen molar-refractivity contribution in [2.24, 2.45) is 23.7 Å². The van der Waals surface area contributed by atoms with E-state index in [4.69, 9.17) is 85.5 Å². The van der Waals surface area contributed by atoms with E-state index in [2.05, 4.69) is 140 Å². The molecule has 0 aliphatic carbocycles. The molecule has 133 heavy (non-hydrogen) atoms. The summed E-state index contributed by atoms with van der Waals surface area (Å²) in [6.07, 6.45) is 6.04. The maximum atomic E-state index is 12.4. The number of rotatable bonds is 33. The number of aldehydes is 2. The van der Waals surface area contributed by atoms with Gasteiger partial charge in [0.25, 0.3) is 30.8 Å². The fourth-order valence-electron chi connectivity index (χ4n) is 14.9. The van der Waals surface area contributed by atoms with E-state index in [9.17, 15) is 57.6 Å². The number of aromatic nitrogens is 8. The molecule has 4 aromatic rings. The molecule has 0 radical (unpaired) electrons. The Bertz CT molecular complexity index is 4480. The Labute approximate surface area is 821 Å². The standard InChI is InChI=1S/C20H34N3O7P.C20H34N2O5Si.C19H32N2O6Si.C14H20N2O5.C7H17ClNOP.C4H8O.3CH4.IO4.Na/c1-12(2)23(13(3)4)31(28-7)30-17-16(14(5)9-11-24)29-19(18(17)27-6)22-10-8-15(25)21-20(22)26;1-9-10-13(2)15-16(27-28(7,8)20(3,4)5)17(25-6)18(26-15)22-12-11-14(23)21-19(22)24;1-12(9-11-22)14-15(27-28(6,7)19(2,3)4)16(25-5)17(26-14)21-10-8-13(23)20-18(21)24;1-4-5-8(2)11-10(18)12(20-3)13(21-11)16-7-6-9(17)15-14(16)19;1-6(2)9(7(3)4)11(5,8)10;1-2-4-5-3-1;;;;2-1(3,4)5;/h8,10-14,16-19H,9H2,1-7H3,(H,21,25,26);9,11-13,15-18H,1,10H2,2-8H3,(H,21,23,24);8,10-12,14-17H,9H2,1-7H3,(H,20,23,24);4,6-8,10-13,18H,1,5H2,2-3H3,(H,15,17,19);6-7H,1-5H3;1-4H2;3*1H4;;/q;;;;;;;;;-1;+1/t14-,16+,17?,18-,19+,31?;13-,15+,16?,17-,18+;12-,14+,15?,16-,17+;8-,10?,11+,12-,13+;;;;;;;/m0000......./s1. The van der Waals surface area contributed by atoms with Crippen LogP contribution in [0.3, 0.4) is 0 Å². The minimum atomic E-state index is -5.94. The van der Waals surface area contributed by atoms with Gasteiger partial charge in [-0.3, -0.25) is 75.7 Å². The zero-order valence-electron chi connectivity index (χ0n) is 81.1. The second-order valence-electron chi connectivity index (χ2n) is 36.4. The van der Waals surface area contributed by atoms with Crippen LogP contribution in [0, 0.1) is 23.7 Å². The predicted octanol–water partition coefficient (Wildman–Crippen LogP) is 2.31. The number of methoxy groups -OCH3 is 4. The average molecular weight is 2110 g/mol. The van der Waals surface area contributed by atoms with Gasteiger partial charge in [0, 0.05) is 141 Å². The number of nitrogens with one attached hydrogen (secondary N) is 4. The minimum Gasteiger partial charge on any atom is -0.408 e. The van der Waals surface area contributed by atoms with Crippen molar-refractivity contribution in [1.29, 1.82) is 0 Å². The Morgan fingerprint density at radius 3 is 0.985 bits per heavy atom. The number of allylic oxidation sites excluding steroid dienone is 2. The molecule has 5 aliphatic rings. The maximum absolute atomic E-state index is 12.4. The molecule has 5 aliphatic heterocycles. The Kier molecular flexibility index (Phi) is 58.6. The Morgan fingerprint density at radius 1 is 0.504 bits per heavy atom. The van der Waals surface area contributed by atoms with Crippen molar-refractivity contribution in [2.75, 3.05) is 55.4 Å². The summed E-state index contributed by atoms with van der Waals surface area (Å²) in [5, 5.41) is 10.3. The molecule has 762 valence electrons. The number of halogens is 2. The first kappa shape index (κ1) is 131. The Hall–Kier alpha value is -4.15. The molecule has 5 N–H and O–H groups in total. The van der Waals surface area contributed by atoms with E-state index in [1.807, 2.05) is 59.2 Å². The zero-order chi connectivity index (χ0) is 98.7. The third-order valence-corrected chi connectivity index (χ3v) is 36.4. The summed E-state index contributed by atoms with van der Waals surface area (Å²) >= 11 is -0.169. The first-order chi connectivity index (χ1) is 59.8. The van der Waals surface area contributed by atoms with Crippen molar-refractivity contribution in [1.82, 2.24) is 47.5 Å². The van der Waals surface area contributed by atoms with Crippen LogP contribution in [-0.4, -0.2) is 235 Å². The molecule has 0 spiro atoms. The molecule has 0 amide bonds. The van der Waals surface area contributed by atoms with E-state index in [0.29, 0.717) is 12.8 Å². The number of hydrogen-bond acceptors (Lipinski definition) is 30. The molecule has 4 aromatic heterocycles. The van der Waals surface area contributed by atoms with Crippen LogP contribution in [0.1, 0.15) is 210 Å². The van der Waals surface area contributed by atoms with Crippen LogP contribution in [-0.2, 0) is 74.7 Å². The largest absolute Gasteiger partial charge is 1.00 e. The topological polar surface area (TPSA) is 510 Å². The molecule has 9 heterocycles. The van der Waals surface area contributed by atoms with Gasteiger partial charge in [-0.15, -0.1) is 13.2 Å². The van der Waals surface area contributed by atoms with Gasteiger partial charge in [0.15, 0.2) is 41.5 Å². The third-order valence-electron chi connectivity index (χ3n) is 23.2. The molecule has 9 rings (SSSR count). The van der Waals surface area contributed by atoms with Gasteiger partial charge in [-0.1, -0.05) is 104 Å². The van der Waals surface area contributed by atoms with Gasteiger partial charge in [0.2, 0.25) is 6.65 Å². The second-order valence-corrected chi connectivity index (χ2v) is 53.5. The quantitative estimate of drug-likeness (QED) is 0.0150. The minimum absolute atomic E-state index is 0. The van der Waals surface area contributed by atoms with Crippen LogP contribution in [0.5, 0.6) is 0 Å². The number of nitrogens with zero attached hydrogens (tertiary/aromatic N) is 6. The fraction of sp³-hybridized carbons (Fsp3) is 0.747. The third kappa shape index (κ3) is 38.7. The molecule has 39 nitrogen and oxygen atoms in total. The normalized spacial score (nSPS) is 25.0. The number of hydrogen-bond donors (Lipinski definition) is 5. The second kappa shape index (κ2) is 59.6. The van der Waals surface area contributed by atoms with Crippen molar-refractivity contribution < 1.29 is 143 Å². The summed E-state index contributed by atoms with van der Waals surface area (Å²) in [4.78, 5) is 126. The fourth-order valence-corrected chi connectivity index (χ4v) is 21.8. The molecule has 46 heteroatoms. The van der Waals surface area contributed by atoms with Gasteiger partial charge >= 0.3 is 52.3 Å². The van der Waals surface area contributed by atoms with Gasteiger partial charge in [-0.25, -0.2) is 28.5 Å².